The highest BCUT2D eigenvalue weighted by Crippen LogP contribution is 2.63. The Balaban J connectivity index is 2.21. The first-order valence-electron chi connectivity index (χ1n) is 4.70. The quantitative estimate of drug-likeness (QED) is 0.753. The van der Waals surface area contributed by atoms with Crippen molar-refractivity contribution in [1.82, 2.24) is 5.16 Å². The maximum absolute atomic E-state index is 5.68. The van der Waals surface area contributed by atoms with Crippen molar-refractivity contribution in [3.63, 3.8) is 0 Å². The van der Waals surface area contributed by atoms with Crippen molar-refractivity contribution in [2.24, 2.45) is 17.1 Å². The van der Waals surface area contributed by atoms with Gasteiger partial charge in [-0.1, -0.05) is 19.0 Å². The van der Waals surface area contributed by atoms with Crippen LogP contribution in [0.1, 0.15) is 31.2 Å². The number of hydrogen-bond acceptors (Lipinski definition) is 3. The van der Waals surface area contributed by atoms with E-state index in [1.165, 1.54) is 0 Å². The Morgan fingerprint density at radius 3 is 2.69 bits per heavy atom. The molecule has 0 radical (unpaired) electrons. The van der Waals surface area contributed by atoms with E-state index in [9.17, 15) is 0 Å². The van der Waals surface area contributed by atoms with Crippen LogP contribution in [0.5, 0.6) is 0 Å². The second-order valence-electron chi connectivity index (χ2n) is 4.51. The summed E-state index contributed by atoms with van der Waals surface area (Å²) in [6.45, 7) is 7.14. The van der Waals surface area contributed by atoms with Crippen molar-refractivity contribution in [2.75, 3.05) is 6.54 Å². The Morgan fingerprint density at radius 2 is 2.31 bits per heavy atom. The first-order chi connectivity index (χ1) is 6.07. The first kappa shape index (κ1) is 8.75. The minimum absolute atomic E-state index is 0.292. The van der Waals surface area contributed by atoms with Crippen molar-refractivity contribution >= 4 is 0 Å². The molecule has 1 aromatic rings. The summed E-state index contributed by atoms with van der Waals surface area (Å²) in [6, 6.07) is 2.02. The number of nitrogens with zero attached hydrogens (tertiary/aromatic N) is 1. The molecule has 0 aliphatic heterocycles. The van der Waals surface area contributed by atoms with Crippen LogP contribution in [-0.4, -0.2) is 11.7 Å². The van der Waals surface area contributed by atoms with Gasteiger partial charge >= 0.3 is 0 Å². The SMILES string of the molecule is Cc1cc([C@@H]2[C@@H](CN)C2(C)C)on1. The summed E-state index contributed by atoms with van der Waals surface area (Å²) in [5.74, 6) is 2.02. The summed E-state index contributed by atoms with van der Waals surface area (Å²) in [5, 5.41) is 3.90. The van der Waals surface area contributed by atoms with E-state index in [0.717, 1.165) is 18.0 Å². The Hall–Kier alpha value is -0.830. The standard InChI is InChI=1S/C10H16N2O/c1-6-4-8(13-12-6)9-7(5-11)10(9,2)3/h4,7,9H,5,11H2,1-3H3/t7-,9+/m1/s1. The molecule has 72 valence electrons. The minimum Gasteiger partial charge on any atom is -0.361 e. The Labute approximate surface area is 78.3 Å². The lowest BCUT2D eigenvalue weighted by Crippen LogP contribution is -2.05. The molecule has 0 unspecified atom stereocenters. The van der Waals surface area contributed by atoms with E-state index in [4.69, 9.17) is 10.3 Å². The maximum atomic E-state index is 5.68. The fourth-order valence-corrected chi connectivity index (χ4v) is 2.28. The lowest BCUT2D eigenvalue weighted by molar-refractivity contribution is 0.369. The Bertz CT molecular complexity index is 316. The molecule has 0 aromatic carbocycles. The van der Waals surface area contributed by atoms with Crippen molar-refractivity contribution < 1.29 is 4.52 Å². The lowest BCUT2D eigenvalue weighted by atomic mass is 10.1. The van der Waals surface area contributed by atoms with E-state index >= 15 is 0 Å². The molecule has 1 aliphatic carbocycles. The van der Waals surface area contributed by atoms with Gasteiger partial charge in [-0.15, -0.1) is 0 Å². The van der Waals surface area contributed by atoms with E-state index in [0.29, 0.717) is 17.3 Å². The van der Waals surface area contributed by atoms with Gasteiger partial charge in [0.25, 0.3) is 0 Å². The summed E-state index contributed by atoms with van der Waals surface area (Å²) in [7, 11) is 0. The van der Waals surface area contributed by atoms with Crippen LogP contribution in [0.4, 0.5) is 0 Å². The molecule has 2 rings (SSSR count). The van der Waals surface area contributed by atoms with Crippen LogP contribution in [-0.2, 0) is 0 Å². The van der Waals surface area contributed by atoms with Gasteiger partial charge < -0.3 is 10.3 Å². The summed E-state index contributed by atoms with van der Waals surface area (Å²) >= 11 is 0. The largest absolute Gasteiger partial charge is 0.361 e. The molecule has 1 aliphatic rings. The van der Waals surface area contributed by atoms with Crippen LogP contribution >= 0.6 is 0 Å². The van der Waals surface area contributed by atoms with Gasteiger partial charge in [0.2, 0.25) is 0 Å². The normalized spacial score (nSPS) is 30.5. The Kier molecular flexibility index (Phi) is 1.74. The van der Waals surface area contributed by atoms with Crippen LogP contribution in [0, 0.1) is 18.3 Å². The molecular formula is C10H16N2O. The van der Waals surface area contributed by atoms with Crippen molar-refractivity contribution in [2.45, 2.75) is 26.7 Å². The molecule has 1 saturated carbocycles. The van der Waals surface area contributed by atoms with E-state index in [1.54, 1.807) is 0 Å². The van der Waals surface area contributed by atoms with Crippen LogP contribution in [0.15, 0.2) is 10.6 Å². The summed E-state index contributed by atoms with van der Waals surface area (Å²) in [6.07, 6.45) is 0. The molecule has 0 bridgehead atoms. The molecular weight excluding hydrogens is 164 g/mol. The molecule has 1 heterocycles. The predicted octanol–water partition coefficient (Wildman–Crippen LogP) is 1.68. The number of nitrogens with two attached hydrogens (primary N) is 1. The smallest absolute Gasteiger partial charge is 0.140 e. The summed E-state index contributed by atoms with van der Waals surface area (Å²) < 4.78 is 5.25. The second kappa shape index (κ2) is 2.58. The van der Waals surface area contributed by atoms with Gasteiger partial charge in [0, 0.05) is 12.0 Å². The lowest BCUT2D eigenvalue weighted by Gasteiger charge is -1.97. The molecule has 2 N–H and O–H groups in total. The number of aryl methyl sites for hydroxylation is 1. The van der Waals surface area contributed by atoms with Gasteiger partial charge in [-0.05, 0) is 24.8 Å². The topological polar surface area (TPSA) is 52.0 Å². The molecule has 1 aromatic heterocycles. The van der Waals surface area contributed by atoms with Crippen molar-refractivity contribution in [3.05, 3.63) is 17.5 Å². The highest BCUT2D eigenvalue weighted by atomic mass is 16.5. The minimum atomic E-state index is 0.292. The first-order valence-corrected chi connectivity index (χ1v) is 4.70. The van der Waals surface area contributed by atoms with Crippen molar-refractivity contribution in [1.29, 1.82) is 0 Å². The average molecular weight is 180 g/mol. The van der Waals surface area contributed by atoms with Gasteiger partial charge in [-0.2, -0.15) is 0 Å². The Morgan fingerprint density at radius 1 is 1.62 bits per heavy atom. The molecule has 13 heavy (non-hydrogen) atoms. The highest BCUT2D eigenvalue weighted by molar-refractivity contribution is 5.25. The van der Waals surface area contributed by atoms with Crippen LogP contribution in [0.25, 0.3) is 0 Å². The van der Waals surface area contributed by atoms with Crippen LogP contribution < -0.4 is 5.73 Å². The zero-order chi connectivity index (χ0) is 9.64. The molecule has 3 heteroatoms. The van der Waals surface area contributed by atoms with Gasteiger partial charge in [-0.25, -0.2) is 0 Å². The third-order valence-electron chi connectivity index (χ3n) is 3.26. The molecule has 0 saturated heterocycles. The zero-order valence-corrected chi connectivity index (χ0v) is 8.37. The van der Waals surface area contributed by atoms with Gasteiger partial charge in [0.15, 0.2) is 0 Å². The van der Waals surface area contributed by atoms with E-state index < -0.39 is 0 Å². The molecule has 2 atom stereocenters. The fraction of sp³-hybridized carbons (Fsp3) is 0.700. The monoisotopic (exact) mass is 180 g/mol. The van der Waals surface area contributed by atoms with Crippen LogP contribution in [0.3, 0.4) is 0 Å². The van der Waals surface area contributed by atoms with E-state index in [1.807, 2.05) is 13.0 Å². The molecule has 1 fully saturated rings. The number of aromatic nitrogens is 1. The predicted molar refractivity (Wildman–Crippen MR) is 50.3 cm³/mol. The van der Waals surface area contributed by atoms with Gasteiger partial charge in [-0.3, -0.25) is 0 Å². The molecule has 3 nitrogen and oxygen atoms in total. The van der Waals surface area contributed by atoms with Crippen LogP contribution in [0.2, 0.25) is 0 Å². The highest BCUT2D eigenvalue weighted by Gasteiger charge is 2.59. The summed E-state index contributed by atoms with van der Waals surface area (Å²) in [4.78, 5) is 0. The van der Waals surface area contributed by atoms with E-state index in [2.05, 4.69) is 19.0 Å². The van der Waals surface area contributed by atoms with Crippen molar-refractivity contribution in [3.8, 4) is 0 Å². The van der Waals surface area contributed by atoms with E-state index in [-0.39, 0.29) is 0 Å². The number of hydrogen-bond donors (Lipinski definition) is 1. The third kappa shape index (κ3) is 1.18. The zero-order valence-electron chi connectivity index (χ0n) is 8.37. The van der Waals surface area contributed by atoms with Gasteiger partial charge in [0.1, 0.15) is 5.76 Å². The fourth-order valence-electron chi connectivity index (χ4n) is 2.28. The summed E-state index contributed by atoms with van der Waals surface area (Å²) in [5.41, 5.74) is 6.93. The third-order valence-corrected chi connectivity index (χ3v) is 3.26. The van der Waals surface area contributed by atoms with Gasteiger partial charge in [0.05, 0.1) is 5.69 Å². The molecule has 0 spiro atoms. The second-order valence-corrected chi connectivity index (χ2v) is 4.51. The molecule has 0 amide bonds. The maximum Gasteiger partial charge on any atom is 0.140 e. The average Bonchev–Trinajstić information content (AvgIpc) is 2.41. The number of rotatable bonds is 2.